The third kappa shape index (κ3) is 6.09. The smallest absolute Gasteiger partial charge is 0.339 e. The Morgan fingerprint density at radius 2 is 1.94 bits per heavy atom. The number of aryl methyl sites for hydroxylation is 1. The summed E-state index contributed by atoms with van der Waals surface area (Å²) in [6, 6.07) is 4.17. The Morgan fingerprint density at radius 3 is 2.62 bits per heavy atom. The van der Waals surface area contributed by atoms with Gasteiger partial charge < -0.3 is 19.3 Å². The van der Waals surface area contributed by atoms with Gasteiger partial charge in [0.05, 0.1) is 6.61 Å². The van der Waals surface area contributed by atoms with Crippen LogP contribution in [0, 0.1) is 5.92 Å². The molecule has 1 heterocycles. The van der Waals surface area contributed by atoms with Crippen LogP contribution in [0.2, 0.25) is 0 Å². The molecule has 1 atom stereocenters. The zero-order valence-corrected chi connectivity index (χ0v) is 20.9. The normalized spacial score (nSPS) is 19.9. The van der Waals surface area contributed by atoms with E-state index in [-0.39, 0.29) is 29.8 Å². The second kappa shape index (κ2) is 12.2. The van der Waals surface area contributed by atoms with Crippen LogP contribution < -0.4 is 9.47 Å². The molecule has 1 aliphatic carbocycles. The van der Waals surface area contributed by atoms with Gasteiger partial charge in [0.1, 0.15) is 23.2 Å². The summed E-state index contributed by atoms with van der Waals surface area (Å²) in [6.45, 7) is 7.50. The lowest BCUT2D eigenvalue weighted by Crippen LogP contribution is -2.30. The molecule has 0 saturated heterocycles. The fourth-order valence-corrected chi connectivity index (χ4v) is 4.63. The van der Waals surface area contributed by atoms with Gasteiger partial charge in [-0.15, -0.1) is 0 Å². The molecule has 0 spiro atoms. The van der Waals surface area contributed by atoms with Gasteiger partial charge in [-0.3, -0.25) is 4.79 Å². The summed E-state index contributed by atoms with van der Waals surface area (Å²) in [5.74, 6) is 0.241. The van der Waals surface area contributed by atoms with Gasteiger partial charge in [0.2, 0.25) is 0 Å². The van der Waals surface area contributed by atoms with E-state index in [1.54, 1.807) is 13.2 Å². The average Bonchev–Trinajstić information content (AvgIpc) is 2.89. The lowest BCUT2D eigenvalue weighted by molar-refractivity contribution is -0.134. The molecule has 0 fully saturated rings. The zero-order chi connectivity index (χ0) is 24.7. The number of fused-ring (bicyclic) bond motifs is 2. The van der Waals surface area contributed by atoms with Crippen LogP contribution in [0.4, 0.5) is 0 Å². The number of carboxylic acid groups (broad SMARTS) is 1. The van der Waals surface area contributed by atoms with E-state index >= 15 is 0 Å². The molecule has 0 radical (unpaired) electrons. The molecule has 6 nitrogen and oxygen atoms in total. The fourth-order valence-electron chi connectivity index (χ4n) is 4.63. The number of allylic oxidation sites excluding steroid dienone is 1. The summed E-state index contributed by atoms with van der Waals surface area (Å²) < 4.78 is 17.8. The minimum atomic E-state index is -1.17. The van der Waals surface area contributed by atoms with Crippen molar-refractivity contribution in [2.45, 2.75) is 78.2 Å². The topological polar surface area (TPSA) is 82.1 Å². The van der Waals surface area contributed by atoms with Gasteiger partial charge >= 0.3 is 5.97 Å². The molecular weight excluding hydrogens is 432 g/mol. The second-order valence-corrected chi connectivity index (χ2v) is 9.46. The number of ether oxygens (including phenoxy) is 3. The zero-order valence-electron chi connectivity index (χ0n) is 20.9. The van der Waals surface area contributed by atoms with Crippen LogP contribution >= 0.6 is 0 Å². The van der Waals surface area contributed by atoms with Crippen LogP contribution in [0.15, 0.2) is 29.4 Å². The van der Waals surface area contributed by atoms with E-state index < -0.39 is 5.97 Å². The molecule has 1 aliphatic heterocycles. The molecule has 1 N–H and O–H groups in total. The maximum absolute atomic E-state index is 12.6. The third-order valence-corrected chi connectivity index (χ3v) is 6.46. The van der Waals surface area contributed by atoms with E-state index in [9.17, 15) is 14.7 Å². The molecule has 0 saturated carbocycles. The fraction of sp³-hybridized carbons (Fsp3) is 0.571. The van der Waals surface area contributed by atoms with Crippen molar-refractivity contribution in [2.24, 2.45) is 5.92 Å². The van der Waals surface area contributed by atoms with Crippen molar-refractivity contribution in [3.05, 3.63) is 40.5 Å². The number of carboxylic acids is 1. The van der Waals surface area contributed by atoms with Crippen LogP contribution in [0.1, 0.15) is 76.8 Å². The number of aliphatic carboxylic acids is 1. The molecular formula is C28H38O6. The number of benzene rings is 1. The van der Waals surface area contributed by atoms with E-state index in [0.29, 0.717) is 19.6 Å². The van der Waals surface area contributed by atoms with E-state index in [2.05, 4.69) is 26.8 Å². The number of ketones is 1. The number of unbranched alkanes of at least 4 members (excludes halogenated alkanes) is 1. The largest absolute Gasteiger partial charge is 0.493 e. The Labute approximate surface area is 203 Å². The highest BCUT2D eigenvalue weighted by molar-refractivity contribution is 6.17. The highest BCUT2D eigenvalue weighted by Crippen LogP contribution is 2.45. The van der Waals surface area contributed by atoms with Crippen molar-refractivity contribution in [2.75, 3.05) is 20.3 Å². The maximum atomic E-state index is 12.6. The molecule has 1 unspecified atom stereocenters. The maximum Gasteiger partial charge on any atom is 0.339 e. The van der Waals surface area contributed by atoms with Gasteiger partial charge in [-0.1, -0.05) is 27.2 Å². The standard InChI is InChI=1S/C28H38O6/c1-5-6-10-19-15-21-20-11-7-8-12-24(29)23(28(30)31)16-22(20)27(18(2)3)34-26(21)17-25(19)33-14-9-13-32-4/h15-18,27H,5-14H2,1-4H3,(H,30,31)/b23-16+. The lowest BCUT2D eigenvalue weighted by Gasteiger charge is -2.33. The van der Waals surface area contributed by atoms with Crippen molar-refractivity contribution in [3.63, 3.8) is 0 Å². The molecule has 6 heteroatoms. The van der Waals surface area contributed by atoms with Crippen LogP contribution in [-0.4, -0.2) is 43.3 Å². The van der Waals surface area contributed by atoms with Gasteiger partial charge in [0.25, 0.3) is 0 Å². The Bertz CT molecular complexity index is 956. The summed E-state index contributed by atoms with van der Waals surface area (Å²) in [6.07, 6.45) is 7.63. The number of carbonyl (C=O) groups is 2. The Morgan fingerprint density at radius 1 is 1.18 bits per heavy atom. The van der Waals surface area contributed by atoms with Crippen molar-refractivity contribution in [3.8, 4) is 11.5 Å². The van der Waals surface area contributed by atoms with Crippen LogP contribution in [0.25, 0.3) is 5.57 Å². The second-order valence-electron chi connectivity index (χ2n) is 9.46. The summed E-state index contributed by atoms with van der Waals surface area (Å²) in [5, 5.41) is 9.75. The molecule has 1 aromatic rings. The predicted molar refractivity (Wildman–Crippen MR) is 132 cm³/mol. The predicted octanol–water partition coefficient (Wildman–Crippen LogP) is 5.77. The van der Waals surface area contributed by atoms with Gasteiger partial charge in [0.15, 0.2) is 5.78 Å². The molecule has 3 rings (SSSR count). The van der Waals surface area contributed by atoms with Crippen LogP contribution in [0.3, 0.4) is 0 Å². The Hall–Kier alpha value is -2.60. The van der Waals surface area contributed by atoms with E-state index in [1.807, 2.05) is 6.07 Å². The van der Waals surface area contributed by atoms with Gasteiger partial charge in [-0.2, -0.15) is 0 Å². The first-order chi connectivity index (χ1) is 16.4. The highest BCUT2D eigenvalue weighted by atomic mass is 16.5. The average molecular weight is 471 g/mol. The molecule has 34 heavy (non-hydrogen) atoms. The third-order valence-electron chi connectivity index (χ3n) is 6.46. The van der Waals surface area contributed by atoms with Gasteiger partial charge in [0, 0.05) is 38.2 Å². The first-order valence-electron chi connectivity index (χ1n) is 12.5. The first kappa shape index (κ1) is 26.0. The van der Waals surface area contributed by atoms with Gasteiger partial charge in [-0.05, 0) is 66.9 Å². The van der Waals surface area contributed by atoms with Crippen molar-refractivity contribution >= 4 is 17.3 Å². The monoisotopic (exact) mass is 470 g/mol. The summed E-state index contributed by atoms with van der Waals surface area (Å²) in [5.41, 5.74) is 3.91. The minimum Gasteiger partial charge on any atom is -0.493 e. The Balaban J connectivity index is 2.14. The van der Waals surface area contributed by atoms with Crippen LogP contribution in [0.5, 0.6) is 11.5 Å². The number of hydrogen-bond donors (Lipinski definition) is 1. The number of methoxy groups -OCH3 is 1. The molecule has 186 valence electrons. The summed E-state index contributed by atoms with van der Waals surface area (Å²) in [7, 11) is 1.69. The van der Waals surface area contributed by atoms with E-state index in [4.69, 9.17) is 14.2 Å². The summed E-state index contributed by atoms with van der Waals surface area (Å²) in [4.78, 5) is 24.5. The lowest BCUT2D eigenvalue weighted by atomic mass is 9.84. The van der Waals surface area contributed by atoms with Crippen molar-refractivity contribution in [1.82, 2.24) is 0 Å². The Kier molecular flexibility index (Phi) is 9.34. The quantitative estimate of drug-likeness (QED) is 0.345. The number of Topliss-reactive ketones (excluding diaryl/α,β-unsaturated/α-hetero) is 1. The van der Waals surface area contributed by atoms with E-state index in [1.165, 1.54) is 0 Å². The van der Waals surface area contributed by atoms with Crippen LogP contribution in [-0.2, 0) is 20.7 Å². The highest BCUT2D eigenvalue weighted by Gasteiger charge is 2.33. The molecule has 0 bridgehead atoms. The van der Waals surface area contributed by atoms with E-state index in [0.717, 1.165) is 72.3 Å². The minimum absolute atomic E-state index is 0.103. The van der Waals surface area contributed by atoms with Crippen molar-refractivity contribution < 1.29 is 28.9 Å². The SMILES string of the molecule is CCCCc1cc2c(cc1OCCCOC)OC(C(C)C)C1=C2CCCCC(=O)/C(C(=O)O)=C\1. The van der Waals surface area contributed by atoms with Crippen molar-refractivity contribution in [1.29, 1.82) is 0 Å². The number of rotatable bonds is 10. The first-order valence-corrected chi connectivity index (χ1v) is 12.5. The summed E-state index contributed by atoms with van der Waals surface area (Å²) >= 11 is 0. The molecule has 2 aliphatic rings. The number of carbonyl (C=O) groups excluding carboxylic acids is 1. The molecule has 0 amide bonds. The number of hydrogen-bond acceptors (Lipinski definition) is 5. The molecule has 0 aromatic heterocycles. The van der Waals surface area contributed by atoms with Gasteiger partial charge in [-0.25, -0.2) is 4.79 Å². The molecule has 1 aromatic carbocycles.